The lowest BCUT2D eigenvalue weighted by molar-refractivity contribution is -0.151. The summed E-state index contributed by atoms with van der Waals surface area (Å²) in [7, 11) is 0. The van der Waals surface area contributed by atoms with E-state index in [1.165, 1.54) is 0 Å². The second kappa shape index (κ2) is 7.27. The van der Waals surface area contributed by atoms with E-state index in [1.54, 1.807) is 19.1 Å². The lowest BCUT2D eigenvalue weighted by Crippen LogP contribution is -2.21. The van der Waals surface area contributed by atoms with Crippen molar-refractivity contribution in [1.29, 1.82) is 0 Å². The van der Waals surface area contributed by atoms with Crippen molar-refractivity contribution in [2.45, 2.75) is 32.3 Å². The van der Waals surface area contributed by atoms with E-state index in [0.717, 1.165) is 35.8 Å². The molecule has 138 valence electrons. The second-order valence-electron chi connectivity index (χ2n) is 6.52. The van der Waals surface area contributed by atoms with Crippen LogP contribution in [0.2, 0.25) is 0 Å². The molecule has 2 aromatic carbocycles. The number of ether oxygens (including phenoxy) is 2. The Morgan fingerprint density at radius 2 is 1.89 bits per heavy atom. The first-order valence-electron chi connectivity index (χ1n) is 9.14. The maximum Gasteiger partial charge on any atom is 0.352 e. The molecule has 0 saturated carbocycles. The molecule has 5 nitrogen and oxygen atoms in total. The zero-order chi connectivity index (χ0) is 18.8. The molecule has 0 radical (unpaired) electrons. The van der Waals surface area contributed by atoms with E-state index in [0.29, 0.717) is 16.9 Å². The van der Waals surface area contributed by atoms with Crippen molar-refractivity contribution in [2.75, 3.05) is 6.61 Å². The minimum atomic E-state index is -0.884. The summed E-state index contributed by atoms with van der Waals surface area (Å²) in [4.78, 5) is 24.6. The van der Waals surface area contributed by atoms with Gasteiger partial charge in [0.05, 0.1) is 6.61 Å². The van der Waals surface area contributed by atoms with Crippen LogP contribution in [0.5, 0.6) is 5.75 Å². The van der Waals surface area contributed by atoms with Crippen LogP contribution < -0.4 is 10.4 Å². The Labute approximate surface area is 156 Å². The summed E-state index contributed by atoms with van der Waals surface area (Å²) in [5.74, 6) is -0.00953. The summed E-state index contributed by atoms with van der Waals surface area (Å²) in [6.07, 6.45) is 1.73. The van der Waals surface area contributed by atoms with Crippen molar-refractivity contribution in [3.8, 4) is 5.75 Å². The number of hydrogen-bond acceptors (Lipinski definition) is 5. The maximum atomic E-state index is 12.4. The van der Waals surface area contributed by atoms with E-state index >= 15 is 0 Å². The molecule has 1 aliphatic rings. The highest BCUT2D eigenvalue weighted by molar-refractivity contribution is 5.83. The van der Waals surface area contributed by atoms with E-state index in [-0.39, 0.29) is 12.2 Å². The van der Waals surface area contributed by atoms with Crippen molar-refractivity contribution in [3.05, 3.63) is 75.6 Å². The molecule has 3 aromatic rings. The normalized spacial score (nSPS) is 14.0. The minimum Gasteiger partial charge on any atom is -0.474 e. The van der Waals surface area contributed by atoms with Crippen molar-refractivity contribution in [3.63, 3.8) is 0 Å². The molecule has 0 bridgehead atoms. The Hall–Kier alpha value is -3.08. The van der Waals surface area contributed by atoms with Crippen molar-refractivity contribution < 1.29 is 18.7 Å². The smallest absolute Gasteiger partial charge is 0.352 e. The summed E-state index contributed by atoms with van der Waals surface area (Å²) in [5, 5.41) is 0.932. The van der Waals surface area contributed by atoms with Crippen molar-refractivity contribution in [1.82, 2.24) is 0 Å². The van der Waals surface area contributed by atoms with Gasteiger partial charge in [0.25, 0.3) is 0 Å². The summed E-state index contributed by atoms with van der Waals surface area (Å²) < 4.78 is 16.6. The Bertz CT molecular complexity index is 1040. The number of benzene rings is 2. The maximum absolute atomic E-state index is 12.4. The third-order valence-electron chi connectivity index (χ3n) is 4.80. The molecule has 1 aliphatic carbocycles. The van der Waals surface area contributed by atoms with E-state index in [9.17, 15) is 9.59 Å². The zero-order valence-electron chi connectivity index (χ0n) is 15.1. The summed E-state index contributed by atoms with van der Waals surface area (Å²) in [6.45, 7) is 2.02. The SMILES string of the molecule is CCOC(=O)C(Oc1ccc2c3c(c(=O)oc2c1)CCC3)c1ccccc1. The van der Waals surface area contributed by atoms with Gasteiger partial charge in [0.1, 0.15) is 11.3 Å². The summed E-state index contributed by atoms with van der Waals surface area (Å²) >= 11 is 0. The van der Waals surface area contributed by atoms with Crippen LogP contribution in [0.15, 0.2) is 57.7 Å². The topological polar surface area (TPSA) is 65.7 Å². The summed E-state index contributed by atoms with van der Waals surface area (Å²) in [6, 6.07) is 14.6. The molecule has 1 unspecified atom stereocenters. The number of rotatable bonds is 5. The second-order valence-corrected chi connectivity index (χ2v) is 6.52. The van der Waals surface area contributed by atoms with E-state index in [1.807, 2.05) is 36.4 Å². The molecule has 1 atom stereocenters. The van der Waals surface area contributed by atoms with Crippen LogP contribution in [-0.2, 0) is 22.4 Å². The molecule has 0 aliphatic heterocycles. The van der Waals surface area contributed by atoms with Gasteiger partial charge in [-0.25, -0.2) is 9.59 Å². The fourth-order valence-electron chi connectivity index (χ4n) is 3.57. The van der Waals surface area contributed by atoms with Gasteiger partial charge in [0, 0.05) is 22.6 Å². The van der Waals surface area contributed by atoms with Crippen molar-refractivity contribution >= 4 is 16.9 Å². The van der Waals surface area contributed by atoms with Gasteiger partial charge in [-0.05, 0) is 43.9 Å². The number of carbonyl (C=O) groups excluding carboxylic acids is 1. The van der Waals surface area contributed by atoms with Crippen LogP contribution in [-0.4, -0.2) is 12.6 Å². The quantitative estimate of drug-likeness (QED) is 0.506. The van der Waals surface area contributed by atoms with Gasteiger partial charge in [-0.2, -0.15) is 0 Å². The minimum absolute atomic E-state index is 0.268. The van der Waals surface area contributed by atoms with Gasteiger partial charge in [-0.3, -0.25) is 0 Å². The third-order valence-corrected chi connectivity index (χ3v) is 4.80. The predicted octanol–water partition coefficient (Wildman–Crippen LogP) is 3.96. The fourth-order valence-corrected chi connectivity index (χ4v) is 3.57. The largest absolute Gasteiger partial charge is 0.474 e. The molecule has 0 amide bonds. The van der Waals surface area contributed by atoms with Crippen LogP contribution in [0.1, 0.15) is 36.1 Å². The molecule has 4 rings (SSSR count). The average molecular weight is 364 g/mol. The van der Waals surface area contributed by atoms with Gasteiger partial charge < -0.3 is 13.9 Å². The number of fused-ring (bicyclic) bond motifs is 3. The molecule has 1 aromatic heterocycles. The standard InChI is InChI=1S/C22H20O5/c1-2-25-22(24)20(14-7-4-3-5-8-14)26-15-11-12-17-16-9-6-10-18(16)21(23)27-19(17)13-15/h3-5,7-8,11-13,20H,2,6,9-10H2,1H3. The molecule has 0 saturated heterocycles. The van der Waals surface area contributed by atoms with E-state index < -0.39 is 12.1 Å². The first kappa shape index (κ1) is 17.3. The number of esters is 1. The van der Waals surface area contributed by atoms with Crippen LogP contribution in [0, 0.1) is 0 Å². The average Bonchev–Trinajstić information content (AvgIpc) is 3.17. The van der Waals surface area contributed by atoms with Gasteiger partial charge in [0.2, 0.25) is 6.10 Å². The van der Waals surface area contributed by atoms with Crippen molar-refractivity contribution in [2.24, 2.45) is 0 Å². The number of hydrogen-bond donors (Lipinski definition) is 0. The molecule has 27 heavy (non-hydrogen) atoms. The predicted molar refractivity (Wildman–Crippen MR) is 101 cm³/mol. The van der Waals surface area contributed by atoms with Gasteiger partial charge >= 0.3 is 11.6 Å². The fraction of sp³-hybridized carbons (Fsp3) is 0.273. The molecule has 1 heterocycles. The highest BCUT2D eigenvalue weighted by atomic mass is 16.6. The van der Waals surface area contributed by atoms with E-state index in [2.05, 4.69) is 0 Å². The molecule has 0 N–H and O–H groups in total. The lowest BCUT2D eigenvalue weighted by Gasteiger charge is -2.18. The highest BCUT2D eigenvalue weighted by Gasteiger charge is 2.25. The zero-order valence-corrected chi connectivity index (χ0v) is 15.1. The number of aryl methyl sites for hydroxylation is 1. The van der Waals surface area contributed by atoms with Crippen LogP contribution in [0.4, 0.5) is 0 Å². The number of carbonyl (C=O) groups is 1. The molecule has 0 spiro atoms. The van der Waals surface area contributed by atoms with Gasteiger partial charge in [-0.1, -0.05) is 30.3 Å². The van der Waals surface area contributed by atoms with Crippen LogP contribution in [0.25, 0.3) is 11.0 Å². The summed E-state index contributed by atoms with van der Waals surface area (Å²) in [5.41, 5.74) is 2.75. The molecular weight excluding hydrogens is 344 g/mol. The Balaban J connectivity index is 1.71. The third kappa shape index (κ3) is 3.33. The monoisotopic (exact) mass is 364 g/mol. The Morgan fingerprint density at radius 1 is 1.11 bits per heavy atom. The Kier molecular flexibility index (Phi) is 4.67. The van der Waals surface area contributed by atoms with Crippen LogP contribution >= 0.6 is 0 Å². The van der Waals surface area contributed by atoms with Crippen LogP contribution in [0.3, 0.4) is 0 Å². The van der Waals surface area contributed by atoms with Gasteiger partial charge in [0.15, 0.2) is 0 Å². The first-order valence-corrected chi connectivity index (χ1v) is 9.14. The highest BCUT2D eigenvalue weighted by Crippen LogP contribution is 2.31. The molecule has 0 fully saturated rings. The van der Waals surface area contributed by atoms with E-state index in [4.69, 9.17) is 13.9 Å². The van der Waals surface area contributed by atoms with Gasteiger partial charge in [-0.15, -0.1) is 0 Å². The Morgan fingerprint density at radius 3 is 2.67 bits per heavy atom. The molecule has 5 heteroatoms. The molecular formula is C22H20O5. The lowest BCUT2D eigenvalue weighted by atomic mass is 10.1. The first-order chi connectivity index (χ1) is 13.2.